The van der Waals surface area contributed by atoms with Crippen LogP contribution < -0.4 is 5.32 Å². The highest BCUT2D eigenvalue weighted by Gasteiger charge is 2.30. The number of hydrogen-bond donors (Lipinski definition) is 1. The van der Waals surface area contributed by atoms with Gasteiger partial charge in [0.2, 0.25) is 11.8 Å². The fourth-order valence-electron chi connectivity index (χ4n) is 1.60. The maximum atomic E-state index is 11.7. The summed E-state index contributed by atoms with van der Waals surface area (Å²) in [6.45, 7) is 3.42. The van der Waals surface area contributed by atoms with Crippen molar-refractivity contribution in [2.45, 2.75) is 13.0 Å². The third-order valence-corrected chi connectivity index (χ3v) is 2.37. The van der Waals surface area contributed by atoms with Gasteiger partial charge in [-0.25, -0.2) is 0 Å². The van der Waals surface area contributed by atoms with E-state index in [2.05, 4.69) is 5.32 Å². The minimum atomic E-state index is -0.337. The van der Waals surface area contributed by atoms with Gasteiger partial charge in [0, 0.05) is 40.7 Å². The van der Waals surface area contributed by atoms with Crippen LogP contribution in [0.4, 0.5) is 0 Å². The molecule has 1 unspecified atom stereocenters. The molecule has 1 rings (SSSR count). The summed E-state index contributed by atoms with van der Waals surface area (Å²) >= 11 is 0. The fourth-order valence-corrected chi connectivity index (χ4v) is 1.60. The molecule has 1 saturated heterocycles. The molecule has 2 amide bonds. The molecular formula is C9H17N3O2. The zero-order valence-corrected chi connectivity index (χ0v) is 8.91. The van der Waals surface area contributed by atoms with Crippen LogP contribution in [0.1, 0.15) is 6.92 Å². The number of carbonyl (C=O) groups excluding carboxylic acids is 2. The predicted octanol–water partition coefficient (Wildman–Crippen LogP) is -1.11. The molecule has 0 radical (unpaired) electrons. The van der Waals surface area contributed by atoms with Crippen LogP contribution in [0, 0.1) is 0 Å². The number of amides is 2. The van der Waals surface area contributed by atoms with Crippen molar-refractivity contribution in [3.8, 4) is 0 Å². The van der Waals surface area contributed by atoms with Gasteiger partial charge >= 0.3 is 0 Å². The van der Waals surface area contributed by atoms with Crippen LogP contribution in [0.5, 0.6) is 0 Å². The molecule has 1 fully saturated rings. The van der Waals surface area contributed by atoms with Gasteiger partial charge in [-0.15, -0.1) is 0 Å². The second kappa shape index (κ2) is 4.41. The van der Waals surface area contributed by atoms with E-state index in [9.17, 15) is 9.59 Å². The molecule has 14 heavy (non-hydrogen) atoms. The minimum Gasteiger partial charge on any atom is -0.347 e. The normalized spacial score (nSPS) is 21.9. The summed E-state index contributed by atoms with van der Waals surface area (Å²) in [6.07, 6.45) is 0. The molecule has 5 heteroatoms. The summed E-state index contributed by atoms with van der Waals surface area (Å²) in [5, 5.41) is 3.11. The van der Waals surface area contributed by atoms with Crippen molar-refractivity contribution in [2.24, 2.45) is 0 Å². The predicted molar refractivity (Wildman–Crippen MR) is 52.7 cm³/mol. The van der Waals surface area contributed by atoms with Gasteiger partial charge in [0.25, 0.3) is 0 Å². The first-order valence-corrected chi connectivity index (χ1v) is 4.73. The van der Waals surface area contributed by atoms with E-state index in [1.54, 1.807) is 19.0 Å². The zero-order valence-electron chi connectivity index (χ0n) is 8.91. The van der Waals surface area contributed by atoms with Crippen LogP contribution >= 0.6 is 0 Å². The summed E-state index contributed by atoms with van der Waals surface area (Å²) in [5.41, 5.74) is 0. The van der Waals surface area contributed by atoms with Crippen molar-refractivity contribution in [1.29, 1.82) is 0 Å². The smallest absolute Gasteiger partial charge is 0.246 e. The van der Waals surface area contributed by atoms with Crippen molar-refractivity contribution in [1.82, 2.24) is 15.1 Å². The molecule has 1 atom stereocenters. The molecule has 0 aromatic heterocycles. The number of nitrogens with one attached hydrogen (secondary N) is 1. The number of nitrogens with zero attached hydrogens (tertiary/aromatic N) is 2. The number of hydrogen-bond acceptors (Lipinski definition) is 3. The third-order valence-electron chi connectivity index (χ3n) is 2.37. The Morgan fingerprint density at radius 1 is 1.43 bits per heavy atom. The molecule has 1 N–H and O–H groups in total. The fraction of sp³-hybridized carbons (Fsp3) is 0.778. The van der Waals surface area contributed by atoms with E-state index < -0.39 is 0 Å². The van der Waals surface area contributed by atoms with Gasteiger partial charge in [-0.1, -0.05) is 0 Å². The van der Waals surface area contributed by atoms with E-state index in [1.165, 1.54) is 11.8 Å². The lowest BCUT2D eigenvalue weighted by Crippen LogP contribution is -2.58. The summed E-state index contributed by atoms with van der Waals surface area (Å²) in [4.78, 5) is 26.1. The van der Waals surface area contributed by atoms with Crippen molar-refractivity contribution in [2.75, 3.05) is 33.7 Å². The van der Waals surface area contributed by atoms with E-state index in [0.717, 1.165) is 6.54 Å². The first-order valence-electron chi connectivity index (χ1n) is 4.73. The molecule has 0 aromatic carbocycles. The average molecular weight is 199 g/mol. The first kappa shape index (κ1) is 11.0. The lowest BCUT2D eigenvalue weighted by Gasteiger charge is -2.35. The maximum absolute atomic E-state index is 11.7. The molecule has 0 spiro atoms. The monoisotopic (exact) mass is 199 g/mol. The van der Waals surface area contributed by atoms with E-state index in [0.29, 0.717) is 13.1 Å². The van der Waals surface area contributed by atoms with Gasteiger partial charge < -0.3 is 15.1 Å². The second-order valence-electron chi connectivity index (χ2n) is 3.66. The van der Waals surface area contributed by atoms with E-state index in [1.807, 2.05) is 0 Å². The molecule has 0 aromatic rings. The molecule has 1 aliphatic rings. The molecule has 0 aliphatic carbocycles. The number of carbonyl (C=O) groups is 2. The van der Waals surface area contributed by atoms with E-state index in [4.69, 9.17) is 0 Å². The Labute approximate surface area is 84.0 Å². The Morgan fingerprint density at radius 2 is 2.07 bits per heavy atom. The lowest BCUT2D eigenvalue weighted by molar-refractivity contribution is -0.144. The van der Waals surface area contributed by atoms with Crippen LogP contribution in [0.25, 0.3) is 0 Å². The van der Waals surface area contributed by atoms with Crippen LogP contribution in [0.2, 0.25) is 0 Å². The van der Waals surface area contributed by atoms with Gasteiger partial charge in [0.05, 0.1) is 0 Å². The van der Waals surface area contributed by atoms with Crippen molar-refractivity contribution in [3.63, 3.8) is 0 Å². The standard InChI is InChI=1S/C9H17N3O2/c1-7(13)12-5-4-10-6-8(12)9(14)11(2)3/h8,10H,4-6H2,1-3H3. The maximum Gasteiger partial charge on any atom is 0.246 e. The molecule has 1 heterocycles. The topological polar surface area (TPSA) is 52.7 Å². The molecule has 1 aliphatic heterocycles. The summed E-state index contributed by atoms with van der Waals surface area (Å²) in [5.74, 6) is -0.0564. The highest BCUT2D eigenvalue weighted by atomic mass is 16.2. The van der Waals surface area contributed by atoms with Crippen LogP contribution in [-0.2, 0) is 9.59 Å². The summed E-state index contributed by atoms with van der Waals surface area (Å²) < 4.78 is 0. The van der Waals surface area contributed by atoms with Crippen molar-refractivity contribution in [3.05, 3.63) is 0 Å². The number of rotatable bonds is 1. The lowest BCUT2D eigenvalue weighted by atomic mass is 10.1. The van der Waals surface area contributed by atoms with Crippen LogP contribution in [0.3, 0.4) is 0 Å². The summed E-state index contributed by atoms with van der Waals surface area (Å²) in [6, 6.07) is -0.337. The van der Waals surface area contributed by atoms with E-state index in [-0.39, 0.29) is 17.9 Å². The van der Waals surface area contributed by atoms with Gasteiger partial charge in [-0.3, -0.25) is 9.59 Å². The Balaban J connectivity index is 2.72. The third kappa shape index (κ3) is 2.23. The van der Waals surface area contributed by atoms with Crippen molar-refractivity contribution < 1.29 is 9.59 Å². The Morgan fingerprint density at radius 3 is 2.57 bits per heavy atom. The van der Waals surface area contributed by atoms with Gasteiger partial charge in [0.1, 0.15) is 6.04 Å². The number of piperazine rings is 1. The molecular weight excluding hydrogens is 182 g/mol. The Bertz CT molecular complexity index is 240. The first-order chi connectivity index (χ1) is 6.54. The summed E-state index contributed by atoms with van der Waals surface area (Å²) in [7, 11) is 3.41. The van der Waals surface area contributed by atoms with E-state index >= 15 is 0 Å². The Hall–Kier alpha value is -1.10. The quantitative estimate of drug-likeness (QED) is 0.583. The molecule has 80 valence electrons. The van der Waals surface area contributed by atoms with Gasteiger partial charge in [0.15, 0.2) is 0 Å². The van der Waals surface area contributed by atoms with Crippen LogP contribution in [-0.4, -0.2) is 61.4 Å². The average Bonchev–Trinajstić information content (AvgIpc) is 2.16. The minimum absolute atomic E-state index is 0.0209. The van der Waals surface area contributed by atoms with Crippen molar-refractivity contribution >= 4 is 11.8 Å². The molecule has 5 nitrogen and oxygen atoms in total. The van der Waals surface area contributed by atoms with Gasteiger partial charge in [-0.05, 0) is 0 Å². The van der Waals surface area contributed by atoms with Crippen LogP contribution in [0.15, 0.2) is 0 Å². The van der Waals surface area contributed by atoms with Gasteiger partial charge in [-0.2, -0.15) is 0 Å². The SMILES string of the molecule is CC(=O)N1CCNCC1C(=O)N(C)C. The zero-order chi connectivity index (χ0) is 10.7. The highest BCUT2D eigenvalue weighted by Crippen LogP contribution is 2.05. The Kier molecular flexibility index (Phi) is 3.46. The molecule has 0 saturated carbocycles. The number of likely N-dealkylation sites (N-methyl/N-ethyl adjacent to an activating group) is 1. The highest BCUT2D eigenvalue weighted by molar-refractivity contribution is 5.87. The molecule has 0 bridgehead atoms. The second-order valence-corrected chi connectivity index (χ2v) is 3.66. The largest absolute Gasteiger partial charge is 0.347 e.